The lowest BCUT2D eigenvalue weighted by Crippen LogP contribution is -2.16. The van der Waals surface area contributed by atoms with E-state index in [1.807, 2.05) is 0 Å². The molecule has 1 saturated carbocycles. The Morgan fingerprint density at radius 1 is 1.62 bits per heavy atom. The fraction of sp³-hybridized carbons (Fsp3) is 0.455. The molecule has 0 aliphatic heterocycles. The summed E-state index contributed by atoms with van der Waals surface area (Å²) >= 11 is 0. The predicted molar refractivity (Wildman–Crippen MR) is 63.0 cm³/mol. The fourth-order valence-electron chi connectivity index (χ4n) is 1.77. The van der Waals surface area contributed by atoms with Crippen LogP contribution in [0.4, 0.5) is 11.5 Å². The van der Waals surface area contributed by atoms with Crippen molar-refractivity contribution in [3.63, 3.8) is 0 Å². The second-order valence-electron chi connectivity index (χ2n) is 4.15. The maximum atomic E-state index is 11.0. The van der Waals surface area contributed by atoms with Crippen molar-refractivity contribution >= 4 is 17.4 Å². The summed E-state index contributed by atoms with van der Waals surface area (Å²) in [6.07, 6.45) is 2.28. The molecule has 0 saturated heterocycles. The Kier molecular flexibility index (Phi) is 2.68. The van der Waals surface area contributed by atoms with E-state index in [9.17, 15) is 4.79 Å². The minimum Gasteiger partial charge on any atom is -0.396 e. The van der Waals surface area contributed by atoms with Crippen LogP contribution in [-0.2, 0) is 0 Å². The van der Waals surface area contributed by atoms with E-state index in [-0.39, 0.29) is 5.69 Å². The molecule has 1 aliphatic rings. The van der Waals surface area contributed by atoms with Gasteiger partial charge in [0, 0.05) is 6.04 Å². The number of carbonyl (C=O) groups is 1. The molecule has 5 nitrogen and oxygen atoms in total. The smallest absolute Gasteiger partial charge is 0.267 e. The number of pyridine rings is 1. The lowest BCUT2D eigenvalue weighted by atomic mass is 10.3. The van der Waals surface area contributed by atoms with Crippen LogP contribution in [0.1, 0.15) is 30.3 Å². The number of nitrogens with zero attached hydrogens (tertiary/aromatic N) is 1. The van der Waals surface area contributed by atoms with Gasteiger partial charge in [0.15, 0.2) is 0 Å². The first-order valence-electron chi connectivity index (χ1n) is 5.44. The highest BCUT2D eigenvalue weighted by molar-refractivity contribution is 5.91. The van der Waals surface area contributed by atoms with Crippen LogP contribution in [0.5, 0.6) is 0 Å². The lowest BCUT2D eigenvalue weighted by molar-refractivity contribution is 0.0996. The van der Waals surface area contributed by atoms with Crippen molar-refractivity contribution in [2.75, 3.05) is 11.1 Å². The van der Waals surface area contributed by atoms with Crippen molar-refractivity contribution < 1.29 is 4.79 Å². The van der Waals surface area contributed by atoms with E-state index in [0.29, 0.717) is 23.5 Å². The van der Waals surface area contributed by atoms with E-state index in [0.717, 1.165) is 12.8 Å². The Hall–Kier alpha value is -1.78. The molecule has 16 heavy (non-hydrogen) atoms. The molecule has 1 aromatic rings. The molecule has 1 fully saturated rings. The van der Waals surface area contributed by atoms with E-state index in [1.165, 1.54) is 6.07 Å². The Morgan fingerprint density at radius 2 is 2.38 bits per heavy atom. The summed E-state index contributed by atoms with van der Waals surface area (Å²) in [5.41, 5.74) is 11.7. The van der Waals surface area contributed by atoms with Gasteiger partial charge in [0.2, 0.25) is 0 Å². The number of aromatic nitrogens is 1. The highest BCUT2D eigenvalue weighted by Crippen LogP contribution is 2.36. The number of primary amides is 1. The summed E-state index contributed by atoms with van der Waals surface area (Å²) < 4.78 is 0. The van der Waals surface area contributed by atoms with Crippen LogP contribution in [0, 0.1) is 5.92 Å². The highest BCUT2D eigenvalue weighted by atomic mass is 16.1. The number of hydrogen-bond acceptors (Lipinski definition) is 4. The Labute approximate surface area is 94.2 Å². The molecule has 1 heterocycles. The minimum atomic E-state index is -0.536. The first-order chi connectivity index (χ1) is 7.61. The average molecular weight is 220 g/mol. The highest BCUT2D eigenvalue weighted by Gasteiger charge is 2.35. The number of nitrogen functional groups attached to an aromatic ring is 1. The SMILES string of the molecule is CCC1CC1Nc1nc(C(N)=O)ccc1N. The molecule has 2 atom stereocenters. The van der Waals surface area contributed by atoms with Crippen LogP contribution in [0.3, 0.4) is 0 Å². The van der Waals surface area contributed by atoms with Crippen molar-refractivity contribution in [1.82, 2.24) is 4.98 Å². The van der Waals surface area contributed by atoms with Gasteiger partial charge in [-0.2, -0.15) is 0 Å². The number of anilines is 2. The number of amides is 1. The van der Waals surface area contributed by atoms with Gasteiger partial charge < -0.3 is 16.8 Å². The molecule has 0 spiro atoms. The zero-order valence-corrected chi connectivity index (χ0v) is 9.23. The third kappa shape index (κ3) is 2.08. The van der Waals surface area contributed by atoms with Crippen molar-refractivity contribution in [1.29, 1.82) is 0 Å². The molecule has 2 rings (SSSR count). The second-order valence-corrected chi connectivity index (χ2v) is 4.15. The quantitative estimate of drug-likeness (QED) is 0.704. The minimum absolute atomic E-state index is 0.241. The topological polar surface area (TPSA) is 94.0 Å². The van der Waals surface area contributed by atoms with Gasteiger partial charge in [0.05, 0.1) is 5.69 Å². The van der Waals surface area contributed by atoms with Gasteiger partial charge in [-0.25, -0.2) is 4.98 Å². The van der Waals surface area contributed by atoms with Crippen LogP contribution in [-0.4, -0.2) is 16.9 Å². The molecule has 1 aromatic heterocycles. The van der Waals surface area contributed by atoms with Gasteiger partial charge >= 0.3 is 0 Å². The van der Waals surface area contributed by atoms with Crippen LogP contribution in [0.2, 0.25) is 0 Å². The largest absolute Gasteiger partial charge is 0.396 e. The van der Waals surface area contributed by atoms with Crippen LogP contribution < -0.4 is 16.8 Å². The molecule has 2 unspecified atom stereocenters. The van der Waals surface area contributed by atoms with Gasteiger partial charge in [-0.3, -0.25) is 4.79 Å². The third-order valence-electron chi connectivity index (χ3n) is 2.95. The maximum absolute atomic E-state index is 11.0. The van der Waals surface area contributed by atoms with Crippen molar-refractivity contribution in [3.05, 3.63) is 17.8 Å². The summed E-state index contributed by atoms with van der Waals surface area (Å²) in [6, 6.07) is 3.62. The summed E-state index contributed by atoms with van der Waals surface area (Å²) in [5, 5.41) is 3.24. The summed E-state index contributed by atoms with van der Waals surface area (Å²) in [6.45, 7) is 2.16. The lowest BCUT2D eigenvalue weighted by Gasteiger charge is -2.08. The van der Waals surface area contributed by atoms with E-state index in [4.69, 9.17) is 11.5 Å². The number of nitrogens with two attached hydrogens (primary N) is 2. The fourth-order valence-corrected chi connectivity index (χ4v) is 1.77. The molecule has 1 amide bonds. The first kappa shape index (κ1) is 10.7. The van der Waals surface area contributed by atoms with Gasteiger partial charge in [-0.15, -0.1) is 0 Å². The van der Waals surface area contributed by atoms with Crippen molar-refractivity contribution in [3.8, 4) is 0 Å². The molecule has 0 aromatic carbocycles. The standard InChI is InChI=1S/C11H16N4O/c1-2-6-5-9(6)15-11-7(12)3-4-8(14-11)10(13)16/h3-4,6,9H,2,5,12H2,1H3,(H2,13,16)(H,14,15). The zero-order chi connectivity index (χ0) is 11.7. The Bertz CT molecular complexity index is 418. The molecular formula is C11H16N4O. The normalized spacial score (nSPS) is 22.8. The van der Waals surface area contributed by atoms with Gasteiger partial charge in [0.1, 0.15) is 11.5 Å². The molecule has 0 radical (unpaired) electrons. The third-order valence-corrected chi connectivity index (χ3v) is 2.95. The van der Waals surface area contributed by atoms with Crippen LogP contribution in [0.25, 0.3) is 0 Å². The summed E-state index contributed by atoms with van der Waals surface area (Å²) in [7, 11) is 0. The molecule has 1 aliphatic carbocycles. The maximum Gasteiger partial charge on any atom is 0.267 e. The molecular weight excluding hydrogens is 204 g/mol. The number of rotatable bonds is 4. The molecule has 0 bridgehead atoms. The van der Waals surface area contributed by atoms with E-state index in [2.05, 4.69) is 17.2 Å². The monoisotopic (exact) mass is 220 g/mol. The molecule has 86 valence electrons. The average Bonchev–Trinajstić information content (AvgIpc) is 2.99. The predicted octanol–water partition coefficient (Wildman–Crippen LogP) is 0.973. The van der Waals surface area contributed by atoms with Gasteiger partial charge in [-0.1, -0.05) is 13.3 Å². The molecule has 5 N–H and O–H groups in total. The van der Waals surface area contributed by atoms with E-state index < -0.39 is 5.91 Å². The van der Waals surface area contributed by atoms with Crippen molar-refractivity contribution in [2.24, 2.45) is 11.7 Å². The van der Waals surface area contributed by atoms with Crippen molar-refractivity contribution in [2.45, 2.75) is 25.8 Å². The Balaban J connectivity index is 2.13. The van der Waals surface area contributed by atoms with Crippen LogP contribution in [0.15, 0.2) is 12.1 Å². The van der Waals surface area contributed by atoms with Gasteiger partial charge in [-0.05, 0) is 24.5 Å². The Morgan fingerprint density at radius 3 is 2.94 bits per heavy atom. The number of hydrogen-bond donors (Lipinski definition) is 3. The second kappa shape index (κ2) is 4.00. The number of carbonyl (C=O) groups excluding carboxylic acids is 1. The summed E-state index contributed by atoms with van der Waals surface area (Å²) in [5.74, 6) is 0.724. The zero-order valence-electron chi connectivity index (χ0n) is 9.23. The van der Waals surface area contributed by atoms with Gasteiger partial charge in [0.25, 0.3) is 5.91 Å². The van der Waals surface area contributed by atoms with Crippen LogP contribution >= 0.6 is 0 Å². The summed E-state index contributed by atoms with van der Waals surface area (Å²) in [4.78, 5) is 15.1. The molecule has 5 heteroatoms. The first-order valence-corrected chi connectivity index (χ1v) is 5.44. The van der Waals surface area contributed by atoms with E-state index >= 15 is 0 Å². The number of nitrogens with one attached hydrogen (secondary N) is 1. The van der Waals surface area contributed by atoms with E-state index in [1.54, 1.807) is 6.07 Å².